The van der Waals surface area contributed by atoms with Crippen LogP contribution >= 0.6 is 0 Å². The lowest BCUT2D eigenvalue weighted by Crippen LogP contribution is -2.19. The van der Waals surface area contributed by atoms with E-state index in [0.29, 0.717) is 16.9 Å². The van der Waals surface area contributed by atoms with Crippen LogP contribution in [0.4, 0.5) is 11.4 Å². The van der Waals surface area contributed by atoms with Crippen LogP contribution in [-0.2, 0) is 4.79 Å². The van der Waals surface area contributed by atoms with Gasteiger partial charge in [0, 0.05) is 16.9 Å². The minimum Gasteiger partial charge on any atom is -0.398 e. The monoisotopic (exact) mass is 282 g/mol. The molecule has 108 valence electrons. The Bertz CT molecular complexity index is 663. The summed E-state index contributed by atoms with van der Waals surface area (Å²) in [6.45, 7) is 3.32. The molecule has 0 saturated carbocycles. The summed E-state index contributed by atoms with van der Waals surface area (Å²) in [7, 11) is 0. The van der Waals surface area contributed by atoms with Crippen molar-refractivity contribution in [3.63, 3.8) is 0 Å². The molecule has 1 unspecified atom stereocenters. The molecule has 1 atom stereocenters. The van der Waals surface area contributed by atoms with Crippen LogP contribution in [-0.4, -0.2) is 11.7 Å². The van der Waals surface area contributed by atoms with E-state index >= 15 is 0 Å². The zero-order chi connectivity index (χ0) is 15.4. The number of hydrogen-bond acceptors (Lipinski definition) is 3. The number of Topliss-reactive ketones (excluding diaryl/α,β-unsaturated/α-hetero) is 1. The lowest BCUT2D eigenvalue weighted by Gasteiger charge is -2.14. The van der Waals surface area contributed by atoms with Gasteiger partial charge in [0.2, 0.25) is 5.91 Å². The maximum atomic E-state index is 12.3. The molecular formula is C17H18N2O2. The number of benzene rings is 2. The number of ketones is 1. The SMILES string of the molecule is CC(=O)c1ccc(NC(=O)C(C)c2ccccc2N)cc1. The van der Waals surface area contributed by atoms with Crippen molar-refractivity contribution in [3.8, 4) is 0 Å². The number of nitrogen functional groups attached to an aromatic ring is 1. The van der Waals surface area contributed by atoms with E-state index in [4.69, 9.17) is 5.73 Å². The summed E-state index contributed by atoms with van der Waals surface area (Å²) in [5, 5.41) is 2.83. The van der Waals surface area contributed by atoms with Crippen molar-refractivity contribution in [2.24, 2.45) is 0 Å². The molecule has 3 N–H and O–H groups in total. The van der Waals surface area contributed by atoms with Gasteiger partial charge in [0.25, 0.3) is 0 Å². The first-order chi connectivity index (χ1) is 9.99. The summed E-state index contributed by atoms with van der Waals surface area (Å²) in [6, 6.07) is 14.1. The number of carbonyl (C=O) groups is 2. The predicted molar refractivity (Wildman–Crippen MR) is 84.3 cm³/mol. The molecule has 0 aromatic heterocycles. The highest BCUT2D eigenvalue weighted by molar-refractivity contribution is 5.98. The van der Waals surface area contributed by atoms with Crippen LogP contribution in [0.2, 0.25) is 0 Å². The molecule has 0 bridgehead atoms. The van der Waals surface area contributed by atoms with E-state index in [-0.39, 0.29) is 17.6 Å². The van der Waals surface area contributed by atoms with Crippen molar-refractivity contribution >= 4 is 23.1 Å². The summed E-state index contributed by atoms with van der Waals surface area (Å²) in [6.07, 6.45) is 0. The van der Waals surface area contributed by atoms with Crippen molar-refractivity contribution in [3.05, 3.63) is 59.7 Å². The Hall–Kier alpha value is -2.62. The molecule has 0 fully saturated rings. The third-order valence-electron chi connectivity index (χ3n) is 3.41. The normalized spacial score (nSPS) is 11.7. The first-order valence-electron chi connectivity index (χ1n) is 6.75. The van der Waals surface area contributed by atoms with E-state index in [2.05, 4.69) is 5.32 Å². The highest BCUT2D eigenvalue weighted by atomic mass is 16.1. The number of nitrogens with one attached hydrogen (secondary N) is 1. The molecule has 0 aliphatic heterocycles. The summed E-state index contributed by atoms with van der Waals surface area (Å²) >= 11 is 0. The zero-order valence-electron chi connectivity index (χ0n) is 12.1. The molecule has 2 aromatic carbocycles. The maximum Gasteiger partial charge on any atom is 0.231 e. The van der Waals surface area contributed by atoms with Gasteiger partial charge < -0.3 is 11.1 Å². The Morgan fingerprint density at radius 3 is 2.24 bits per heavy atom. The third kappa shape index (κ3) is 3.48. The molecule has 2 aromatic rings. The highest BCUT2D eigenvalue weighted by Gasteiger charge is 2.17. The van der Waals surface area contributed by atoms with Crippen molar-refractivity contribution < 1.29 is 9.59 Å². The van der Waals surface area contributed by atoms with Crippen LogP contribution in [0.25, 0.3) is 0 Å². The van der Waals surface area contributed by atoms with E-state index < -0.39 is 0 Å². The van der Waals surface area contributed by atoms with Crippen LogP contribution in [0.5, 0.6) is 0 Å². The lowest BCUT2D eigenvalue weighted by molar-refractivity contribution is -0.117. The average Bonchev–Trinajstić information content (AvgIpc) is 2.47. The number of hydrogen-bond donors (Lipinski definition) is 2. The van der Waals surface area contributed by atoms with Gasteiger partial charge in [0.15, 0.2) is 5.78 Å². The van der Waals surface area contributed by atoms with E-state index in [1.165, 1.54) is 6.92 Å². The van der Waals surface area contributed by atoms with Gasteiger partial charge in [-0.2, -0.15) is 0 Å². The second-order valence-electron chi connectivity index (χ2n) is 4.97. The first-order valence-corrected chi connectivity index (χ1v) is 6.75. The molecule has 2 rings (SSSR count). The number of nitrogens with two attached hydrogens (primary N) is 1. The van der Waals surface area contributed by atoms with Crippen molar-refractivity contribution in [2.45, 2.75) is 19.8 Å². The Kier molecular flexibility index (Phi) is 4.38. The van der Waals surface area contributed by atoms with Gasteiger partial charge in [0.1, 0.15) is 0 Å². The molecule has 4 heteroatoms. The molecule has 0 aliphatic carbocycles. The molecule has 21 heavy (non-hydrogen) atoms. The number of amides is 1. The minimum absolute atomic E-state index is 0.00157. The van der Waals surface area contributed by atoms with Crippen molar-refractivity contribution in [2.75, 3.05) is 11.1 Å². The second-order valence-corrected chi connectivity index (χ2v) is 4.97. The number of carbonyl (C=O) groups excluding carboxylic acids is 2. The second kappa shape index (κ2) is 6.22. The summed E-state index contributed by atoms with van der Waals surface area (Å²) in [5.41, 5.74) is 8.57. The standard InChI is InChI=1S/C17H18N2O2/c1-11(15-5-3-4-6-16(15)18)17(21)19-14-9-7-13(8-10-14)12(2)20/h3-11H,18H2,1-2H3,(H,19,21). The fourth-order valence-corrected chi connectivity index (χ4v) is 2.09. The Labute approximate surface area is 124 Å². The van der Waals surface area contributed by atoms with Crippen LogP contribution in [0, 0.1) is 0 Å². The third-order valence-corrected chi connectivity index (χ3v) is 3.41. The highest BCUT2D eigenvalue weighted by Crippen LogP contribution is 2.23. The van der Waals surface area contributed by atoms with E-state index in [0.717, 1.165) is 5.56 Å². The van der Waals surface area contributed by atoms with Gasteiger partial charge in [0.05, 0.1) is 5.92 Å². The molecule has 0 spiro atoms. The largest absolute Gasteiger partial charge is 0.398 e. The van der Waals surface area contributed by atoms with Gasteiger partial charge in [-0.25, -0.2) is 0 Å². The number of anilines is 2. The molecule has 0 aliphatic rings. The minimum atomic E-state index is -0.348. The summed E-state index contributed by atoms with van der Waals surface area (Å²) in [4.78, 5) is 23.5. The molecule has 1 amide bonds. The predicted octanol–water partition coefficient (Wildman–Crippen LogP) is 3.21. The van der Waals surface area contributed by atoms with Gasteiger partial charge >= 0.3 is 0 Å². The van der Waals surface area contributed by atoms with E-state index in [1.54, 1.807) is 30.3 Å². The number of rotatable bonds is 4. The Balaban J connectivity index is 2.11. The van der Waals surface area contributed by atoms with Crippen LogP contribution < -0.4 is 11.1 Å². The van der Waals surface area contributed by atoms with Crippen LogP contribution in [0.15, 0.2) is 48.5 Å². The molecule has 0 radical (unpaired) electrons. The number of para-hydroxylation sites is 1. The molecule has 0 heterocycles. The average molecular weight is 282 g/mol. The van der Waals surface area contributed by atoms with Gasteiger partial charge in [-0.1, -0.05) is 18.2 Å². The smallest absolute Gasteiger partial charge is 0.231 e. The fraction of sp³-hybridized carbons (Fsp3) is 0.176. The quantitative estimate of drug-likeness (QED) is 0.668. The van der Waals surface area contributed by atoms with Gasteiger partial charge in [-0.05, 0) is 49.7 Å². The van der Waals surface area contributed by atoms with E-state index in [1.807, 2.05) is 25.1 Å². The van der Waals surface area contributed by atoms with Crippen molar-refractivity contribution in [1.29, 1.82) is 0 Å². The first kappa shape index (κ1) is 14.8. The fourth-order valence-electron chi connectivity index (χ4n) is 2.09. The Morgan fingerprint density at radius 2 is 1.67 bits per heavy atom. The lowest BCUT2D eigenvalue weighted by atomic mass is 9.98. The van der Waals surface area contributed by atoms with Crippen molar-refractivity contribution in [1.82, 2.24) is 0 Å². The summed E-state index contributed by atoms with van der Waals surface area (Å²) in [5.74, 6) is -0.486. The molecular weight excluding hydrogens is 264 g/mol. The topological polar surface area (TPSA) is 72.2 Å². The Morgan fingerprint density at radius 1 is 1.05 bits per heavy atom. The van der Waals surface area contributed by atoms with Gasteiger partial charge in [-0.15, -0.1) is 0 Å². The van der Waals surface area contributed by atoms with Gasteiger partial charge in [-0.3, -0.25) is 9.59 Å². The maximum absolute atomic E-state index is 12.3. The van der Waals surface area contributed by atoms with Crippen LogP contribution in [0.3, 0.4) is 0 Å². The summed E-state index contributed by atoms with van der Waals surface area (Å²) < 4.78 is 0. The van der Waals surface area contributed by atoms with Crippen LogP contribution in [0.1, 0.15) is 35.7 Å². The van der Waals surface area contributed by atoms with E-state index in [9.17, 15) is 9.59 Å². The zero-order valence-corrected chi connectivity index (χ0v) is 12.1. The molecule has 4 nitrogen and oxygen atoms in total. The molecule has 0 saturated heterocycles.